The van der Waals surface area contributed by atoms with Crippen molar-refractivity contribution in [1.82, 2.24) is 10.3 Å². The predicted molar refractivity (Wildman–Crippen MR) is 103 cm³/mol. The number of carbonyl (C=O) groups is 1. The van der Waals surface area contributed by atoms with Gasteiger partial charge in [0.2, 0.25) is 0 Å². The summed E-state index contributed by atoms with van der Waals surface area (Å²) in [5.41, 5.74) is 2.99. The number of aromatic nitrogens is 1. The Morgan fingerprint density at radius 3 is 2.58 bits per heavy atom. The molecule has 0 radical (unpaired) electrons. The lowest BCUT2D eigenvalue weighted by Crippen LogP contribution is -2.23. The van der Waals surface area contributed by atoms with Gasteiger partial charge >= 0.3 is 0 Å². The summed E-state index contributed by atoms with van der Waals surface area (Å²) in [6.45, 7) is 0.418. The molecule has 0 atom stereocenters. The number of amides is 1. The summed E-state index contributed by atoms with van der Waals surface area (Å²) in [6, 6.07) is 18.4. The standard InChI is InChI=1S/C20H18ClN3O2/c1-26-18-4-2-3-16(11-18)24-17-9-10-19(22-13-17)20(25)23-12-14-5-7-15(21)8-6-14/h2-11,13,24H,12H2,1H3,(H,23,25). The van der Waals surface area contributed by atoms with Gasteiger partial charge in [0.25, 0.3) is 5.91 Å². The number of pyridine rings is 1. The van der Waals surface area contributed by atoms with Crippen molar-refractivity contribution in [3.05, 3.63) is 83.1 Å². The molecule has 5 nitrogen and oxygen atoms in total. The van der Waals surface area contributed by atoms with E-state index in [9.17, 15) is 4.79 Å². The van der Waals surface area contributed by atoms with Crippen LogP contribution in [0.25, 0.3) is 0 Å². The molecule has 0 saturated heterocycles. The highest BCUT2D eigenvalue weighted by molar-refractivity contribution is 6.30. The number of carbonyl (C=O) groups excluding carboxylic acids is 1. The number of nitrogens with zero attached hydrogens (tertiary/aromatic N) is 1. The second kappa shape index (κ2) is 8.36. The number of hydrogen-bond donors (Lipinski definition) is 2. The quantitative estimate of drug-likeness (QED) is 0.677. The maximum absolute atomic E-state index is 12.2. The summed E-state index contributed by atoms with van der Waals surface area (Å²) in [5, 5.41) is 6.73. The van der Waals surface area contributed by atoms with Gasteiger partial charge in [-0.2, -0.15) is 0 Å². The monoisotopic (exact) mass is 367 g/mol. The van der Waals surface area contributed by atoms with Gasteiger partial charge in [0.15, 0.2) is 0 Å². The van der Waals surface area contributed by atoms with Crippen LogP contribution in [0.2, 0.25) is 5.02 Å². The van der Waals surface area contributed by atoms with Gasteiger partial charge in [0.1, 0.15) is 11.4 Å². The number of anilines is 2. The summed E-state index contributed by atoms with van der Waals surface area (Å²) >= 11 is 5.85. The molecule has 0 saturated carbocycles. The average Bonchev–Trinajstić information content (AvgIpc) is 2.68. The van der Waals surface area contributed by atoms with Gasteiger partial charge in [-0.25, -0.2) is 4.98 Å². The lowest BCUT2D eigenvalue weighted by molar-refractivity contribution is 0.0946. The summed E-state index contributed by atoms with van der Waals surface area (Å²) in [6.07, 6.45) is 1.62. The van der Waals surface area contributed by atoms with Crippen LogP contribution in [0.5, 0.6) is 5.75 Å². The Balaban J connectivity index is 1.59. The zero-order chi connectivity index (χ0) is 18.4. The molecule has 3 rings (SSSR count). The first-order chi connectivity index (χ1) is 12.6. The van der Waals surface area contributed by atoms with Gasteiger partial charge in [-0.15, -0.1) is 0 Å². The topological polar surface area (TPSA) is 63.2 Å². The van der Waals surface area contributed by atoms with Crippen molar-refractivity contribution in [3.63, 3.8) is 0 Å². The first kappa shape index (κ1) is 17.8. The molecule has 6 heteroatoms. The molecule has 132 valence electrons. The van der Waals surface area contributed by atoms with Crippen LogP contribution in [-0.4, -0.2) is 18.0 Å². The molecule has 1 amide bonds. The van der Waals surface area contributed by atoms with Gasteiger partial charge in [0.05, 0.1) is 19.0 Å². The lowest BCUT2D eigenvalue weighted by Gasteiger charge is -2.09. The highest BCUT2D eigenvalue weighted by Gasteiger charge is 2.07. The van der Waals surface area contributed by atoms with Gasteiger partial charge < -0.3 is 15.4 Å². The van der Waals surface area contributed by atoms with E-state index in [2.05, 4.69) is 15.6 Å². The van der Waals surface area contributed by atoms with Crippen LogP contribution in [0.4, 0.5) is 11.4 Å². The third-order valence-electron chi connectivity index (χ3n) is 3.72. The lowest BCUT2D eigenvalue weighted by atomic mass is 10.2. The fraction of sp³-hybridized carbons (Fsp3) is 0.100. The smallest absolute Gasteiger partial charge is 0.270 e. The summed E-state index contributed by atoms with van der Waals surface area (Å²) < 4.78 is 5.20. The summed E-state index contributed by atoms with van der Waals surface area (Å²) in [7, 11) is 1.62. The number of hydrogen-bond acceptors (Lipinski definition) is 4. The van der Waals surface area contributed by atoms with Crippen LogP contribution < -0.4 is 15.4 Å². The number of halogens is 1. The molecule has 0 spiro atoms. The van der Waals surface area contributed by atoms with E-state index < -0.39 is 0 Å². The molecule has 0 aliphatic heterocycles. The highest BCUT2D eigenvalue weighted by Crippen LogP contribution is 2.20. The fourth-order valence-corrected chi connectivity index (χ4v) is 2.47. The number of benzene rings is 2. The zero-order valence-corrected chi connectivity index (χ0v) is 15.0. The first-order valence-electron chi connectivity index (χ1n) is 8.04. The molecule has 0 unspecified atom stereocenters. The highest BCUT2D eigenvalue weighted by atomic mass is 35.5. The summed E-state index contributed by atoms with van der Waals surface area (Å²) in [4.78, 5) is 16.4. The van der Waals surface area contributed by atoms with Crippen LogP contribution in [0.15, 0.2) is 66.9 Å². The largest absolute Gasteiger partial charge is 0.497 e. The van der Waals surface area contributed by atoms with E-state index in [1.54, 1.807) is 31.5 Å². The first-order valence-corrected chi connectivity index (χ1v) is 8.41. The maximum Gasteiger partial charge on any atom is 0.270 e. The molecule has 0 fully saturated rings. The zero-order valence-electron chi connectivity index (χ0n) is 14.2. The van der Waals surface area contributed by atoms with Crippen molar-refractivity contribution < 1.29 is 9.53 Å². The van der Waals surface area contributed by atoms with E-state index in [0.29, 0.717) is 17.3 Å². The van der Waals surface area contributed by atoms with Crippen molar-refractivity contribution in [2.75, 3.05) is 12.4 Å². The fourth-order valence-electron chi connectivity index (χ4n) is 2.34. The minimum atomic E-state index is -0.229. The number of ether oxygens (including phenoxy) is 1. The molecule has 1 heterocycles. The minimum Gasteiger partial charge on any atom is -0.497 e. The van der Waals surface area contributed by atoms with Gasteiger partial charge in [-0.05, 0) is 42.0 Å². The Morgan fingerprint density at radius 1 is 1.08 bits per heavy atom. The Hall–Kier alpha value is -3.05. The maximum atomic E-state index is 12.2. The van der Waals surface area contributed by atoms with E-state index >= 15 is 0 Å². The predicted octanol–water partition coefficient (Wildman–Crippen LogP) is 4.42. The number of rotatable bonds is 6. The molecular formula is C20H18ClN3O2. The normalized spacial score (nSPS) is 10.2. The SMILES string of the molecule is COc1cccc(Nc2ccc(C(=O)NCc3ccc(Cl)cc3)nc2)c1. The second-order valence-corrected chi connectivity index (χ2v) is 6.03. The molecule has 3 aromatic rings. The van der Waals surface area contributed by atoms with Crippen molar-refractivity contribution in [2.24, 2.45) is 0 Å². The van der Waals surface area contributed by atoms with E-state index in [-0.39, 0.29) is 5.91 Å². The average molecular weight is 368 g/mol. The Morgan fingerprint density at radius 2 is 1.88 bits per heavy atom. The van der Waals surface area contributed by atoms with E-state index in [1.165, 1.54) is 0 Å². The second-order valence-electron chi connectivity index (χ2n) is 5.60. The van der Waals surface area contributed by atoms with Gasteiger partial charge in [0, 0.05) is 23.3 Å². The van der Waals surface area contributed by atoms with Gasteiger partial charge in [-0.3, -0.25) is 4.79 Å². The van der Waals surface area contributed by atoms with Crippen molar-refractivity contribution >= 4 is 28.9 Å². The number of methoxy groups -OCH3 is 1. The molecule has 2 N–H and O–H groups in total. The number of nitrogens with one attached hydrogen (secondary N) is 2. The van der Waals surface area contributed by atoms with Crippen LogP contribution in [0.3, 0.4) is 0 Å². The molecular weight excluding hydrogens is 350 g/mol. The van der Waals surface area contributed by atoms with Crippen molar-refractivity contribution in [1.29, 1.82) is 0 Å². The van der Waals surface area contributed by atoms with E-state index in [1.807, 2.05) is 42.5 Å². The minimum absolute atomic E-state index is 0.229. The third kappa shape index (κ3) is 4.74. The van der Waals surface area contributed by atoms with E-state index in [0.717, 1.165) is 22.7 Å². The Labute approximate surface area is 157 Å². The Kier molecular flexibility index (Phi) is 5.71. The van der Waals surface area contributed by atoms with E-state index in [4.69, 9.17) is 16.3 Å². The van der Waals surface area contributed by atoms with Crippen LogP contribution in [0, 0.1) is 0 Å². The molecule has 1 aromatic heterocycles. The molecule has 0 aliphatic rings. The molecule has 0 bridgehead atoms. The third-order valence-corrected chi connectivity index (χ3v) is 3.97. The van der Waals surface area contributed by atoms with Crippen molar-refractivity contribution in [2.45, 2.75) is 6.54 Å². The molecule has 0 aliphatic carbocycles. The van der Waals surface area contributed by atoms with Crippen LogP contribution >= 0.6 is 11.6 Å². The van der Waals surface area contributed by atoms with Crippen LogP contribution in [-0.2, 0) is 6.54 Å². The van der Waals surface area contributed by atoms with Crippen molar-refractivity contribution in [3.8, 4) is 5.75 Å². The van der Waals surface area contributed by atoms with Gasteiger partial charge in [-0.1, -0.05) is 29.8 Å². The molecule has 2 aromatic carbocycles. The molecule has 26 heavy (non-hydrogen) atoms. The van der Waals surface area contributed by atoms with Crippen LogP contribution in [0.1, 0.15) is 16.1 Å². The Bertz CT molecular complexity index is 880. The summed E-state index contributed by atoms with van der Waals surface area (Å²) in [5.74, 6) is 0.536.